The number of aliphatic hydroxyl groups excluding tert-OH is 1. The monoisotopic (exact) mass is 460 g/mol. The van der Waals surface area contributed by atoms with E-state index in [1.807, 2.05) is 24.3 Å². The van der Waals surface area contributed by atoms with Gasteiger partial charge in [0.1, 0.15) is 16.7 Å². The molecule has 10 nitrogen and oxygen atoms in total. The number of anilines is 4. The molecule has 5 rings (SSSR count). The highest BCUT2D eigenvalue weighted by Crippen LogP contribution is 2.28. The minimum Gasteiger partial charge on any atom is -0.391 e. The van der Waals surface area contributed by atoms with E-state index in [4.69, 9.17) is 10.2 Å². The van der Waals surface area contributed by atoms with Gasteiger partial charge in [-0.2, -0.15) is 15.3 Å². The Morgan fingerprint density at radius 3 is 2.65 bits per heavy atom. The van der Waals surface area contributed by atoms with E-state index < -0.39 is 0 Å². The van der Waals surface area contributed by atoms with Crippen LogP contribution in [0.3, 0.4) is 0 Å². The van der Waals surface area contributed by atoms with Gasteiger partial charge < -0.3 is 20.2 Å². The van der Waals surface area contributed by atoms with E-state index in [1.165, 1.54) is 0 Å². The normalized spacial score (nSPS) is 19.2. The van der Waals surface area contributed by atoms with E-state index in [2.05, 4.69) is 36.4 Å². The number of rotatable bonds is 5. The first-order valence-electron chi connectivity index (χ1n) is 11.8. The maximum Gasteiger partial charge on any atom is 0.277 e. The number of H-pyrrole nitrogens is 1. The van der Waals surface area contributed by atoms with Crippen molar-refractivity contribution in [1.82, 2.24) is 20.2 Å². The summed E-state index contributed by atoms with van der Waals surface area (Å²) < 4.78 is 0. The summed E-state index contributed by atoms with van der Waals surface area (Å²) in [7, 11) is 0. The van der Waals surface area contributed by atoms with Gasteiger partial charge in [0.25, 0.3) is 5.56 Å². The zero-order valence-corrected chi connectivity index (χ0v) is 18.9. The average molecular weight is 461 g/mol. The Balaban J connectivity index is 1.41. The van der Waals surface area contributed by atoms with Crippen molar-refractivity contribution in [2.45, 2.75) is 38.2 Å². The lowest BCUT2D eigenvalue weighted by atomic mass is 9.94. The fourth-order valence-corrected chi connectivity index (χ4v) is 4.77. The molecule has 0 saturated carbocycles. The summed E-state index contributed by atoms with van der Waals surface area (Å²) in [6, 6.07) is 10.2. The van der Waals surface area contributed by atoms with Crippen molar-refractivity contribution in [1.29, 1.82) is 5.26 Å². The van der Waals surface area contributed by atoms with Crippen LogP contribution in [0.15, 0.2) is 35.3 Å². The summed E-state index contributed by atoms with van der Waals surface area (Å²) in [5, 5.41) is 29.0. The van der Waals surface area contributed by atoms with Crippen LogP contribution in [-0.4, -0.2) is 57.6 Å². The summed E-state index contributed by atoms with van der Waals surface area (Å²) in [5.41, 5.74) is 1.99. The molecule has 2 aliphatic rings. The maximum absolute atomic E-state index is 12.6. The molecule has 34 heavy (non-hydrogen) atoms. The minimum atomic E-state index is -0.349. The van der Waals surface area contributed by atoms with Crippen molar-refractivity contribution >= 4 is 34.0 Å². The molecule has 2 saturated heterocycles. The highest BCUT2D eigenvalue weighted by molar-refractivity contribution is 5.90. The Kier molecular flexibility index (Phi) is 6.27. The first kappa shape index (κ1) is 22.1. The highest BCUT2D eigenvalue weighted by atomic mass is 16.3. The average Bonchev–Trinajstić information content (AvgIpc) is 2.85. The number of piperidine rings is 2. The van der Waals surface area contributed by atoms with Crippen molar-refractivity contribution in [2.24, 2.45) is 5.92 Å². The second kappa shape index (κ2) is 9.65. The van der Waals surface area contributed by atoms with Crippen LogP contribution in [0.2, 0.25) is 0 Å². The molecule has 1 atom stereocenters. The quantitative estimate of drug-likeness (QED) is 0.525. The van der Waals surface area contributed by atoms with Gasteiger partial charge in [-0.15, -0.1) is 0 Å². The predicted molar refractivity (Wildman–Crippen MR) is 130 cm³/mol. The first-order chi connectivity index (χ1) is 16.6. The third kappa shape index (κ3) is 4.65. The van der Waals surface area contributed by atoms with Crippen molar-refractivity contribution < 1.29 is 5.11 Å². The molecule has 0 spiro atoms. The van der Waals surface area contributed by atoms with Crippen LogP contribution in [-0.2, 0) is 0 Å². The van der Waals surface area contributed by atoms with Crippen LogP contribution in [0.4, 0.5) is 23.1 Å². The molecule has 176 valence electrons. The lowest BCUT2D eigenvalue weighted by Gasteiger charge is -2.32. The lowest BCUT2D eigenvalue weighted by Crippen LogP contribution is -2.38. The lowest BCUT2D eigenvalue weighted by molar-refractivity contribution is 0.154. The van der Waals surface area contributed by atoms with E-state index in [-0.39, 0.29) is 11.7 Å². The summed E-state index contributed by atoms with van der Waals surface area (Å²) in [5.74, 6) is 1.39. The van der Waals surface area contributed by atoms with Crippen LogP contribution in [0.1, 0.15) is 32.1 Å². The molecule has 2 aliphatic heterocycles. The second-order valence-corrected chi connectivity index (χ2v) is 9.04. The molecule has 0 bridgehead atoms. The smallest absolute Gasteiger partial charge is 0.277 e. The van der Waals surface area contributed by atoms with E-state index in [0.29, 0.717) is 41.6 Å². The van der Waals surface area contributed by atoms with Gasteiger partial charge in [-0.25, -0.2) is 10.1 Å². The van der Waals surface area contributed by atoms with E-state index in [0.717, 1.165) is 56.7 Å². The zero-order chi connectivity index (χ0) is 23.5. The topological polar surface area (TPSA) is 134 Å². The van der Waals surface area contributed by atoms with Crippen LogP contribution < -0.4 is 20.7 Å². The molecule has 0 aliphatic carbocycles. The fraction of sp³-hybridized carbons (Fsp3) is 0.458. The minimum absolute atomic E-state index is 0.289. The molecule has 2 aromatic heterocycles. The summed E-state index contributed by atoms with van der Waals surface area (Å²) >= 11 is 0. The Bertz CT molecular complexity index is 1240. The Morgan fingerprint density at radius 2 is 1.91 bits per heavy atom. The first-order valence-corrected chi connectivity index (χ1v) is 11.8. The van der Waals surface area contributed by atoms with Crippen molar-refractivity contribution in [2.75, 3.05) is 41.3 Å². The van der Waals surface area contributed by atoms with Crippen LogP contribution in [0, 0.1) is 17.2 Å². The van der Waals surface area contributed by atoms with Crippen molar-refractivity contribution in [3.05, 3.63) is 40.8 Å². The molecule has 1 aromatic carbocycles. The zero-order valence-electron chi connectivity index (χ0n) is 18.9. The molecule has 3 N–H and O–H groups in total. The van der Waals surface area contributed by atoms with E-state index >= 15 is 0 Å². The second-order valence-electron chi connectivity index (χ2n) is 9.04. The summed E-state index contributed by atoms with van der Waals surface area (Å²) in [6.45, 7) is 3.10. The number of hydrogen-bond acceptors (Lipinski definition) is 9. The number of aliphatic hydroxyl groups is 1. The Hall–Kier alpha value is -3.71. The maximum atomic E-state index is 12.6. The predicted octanol–water partition coefficient (Wildman–Crippen LogP) is 2.55. The summed E-state index contributed by atoms with van der Waals surface area (Å²) in [6.07, 6.45) is 5.48. The number of nitriles is 1. The number of β-amino-alcohol motifs (C(OH)–C–C–N with tert-alkyl or cyclic N) is 1. The van der Waals surface area contributed by atoms with Gasteiger partial charge >= 0.3 is 0 Å². The van der Waals surface area contributed by atoms with Crippen LogP contribution in [0.5, 0.6) is 0 Å². The molecule has 0 amide bonds. The highest BCUT2D eigenvalue weighted by Gasteiger charge is 2.23. The van der Waals surface area contributed by atoms with E-state index in [9.17, 15) is 9.90 Å². The molecule has 4 heterocycles. The SMILES string of the molecule is N#CCC1CCN(c2nc(Nc3ccc(N4CCCC(O)C4)cc3)c3c(=O)[nH]ncc3n2)CC1. The third-order valence-corrected chi connectivity index (χ3v) is 6.67. The van der Waals surface area contributed by atoms with Gasteiger partial charge in [0, 0.05) is 44.0 Å². The molecule has 10 heteroatoms. The fourth-order valence-electron chi connectivity index (χ4n) is 4.77. The Morgan fingerprint density at radius 1 is 1.12 bits per heavy atom. The van der Waals surface area contributed by atoms with Gasteiger partial charge in [-0.05, 0) is 55.9 Å². The van der Waals surface area contributed by atoms with Crippen molar-refractivity contribution in [3.63, 3.8) is 0 Å². The van der Waals surface area contributed by atoms with Crippen LogP contribution >= 0.6 is 0 Å². The number of aromatic amines is 1. The number of hydrogen-bond donors (Lipinski definition) is 3. The standard InChI is InChI=1S/C24H28N8O2/c25-10-7-16-8-12-31(13-9-16)24-28-20-14-26-30-23(34)21(20)22(29-24)27-17-3-5-18(6-4-17)32-11-1-2-19(33)15-32/h3-6,14,16,19,33H,1-2,7-9,11-13,15H2,(H,30,34)(H,27,28,29). The number of nitrogens with one attached hydrogen (secondary N) is 2. The molecule has 1 unspecified atom stereocenters. The van der Waals surface area contributed by atoms with Gasteiger partial charge in [-0.1, -0.05) is 0 Å². The molecular formula is C24H28N8O2. The third-order valence-electron chi connectivity index (χ3n) is 6.67. The van der Waals surface area contributed by atoms with Crippen molar-refractivity contribution in [3.8, 4) is 6.07 Å². The Labute approximate surface area is 197 Å². The van der Waals surface area contributed by atoms with Gasteiger partial charge in [0.2, 0.25) is 5.95 Å². The van der Waals surface area contributed by atoms with Crippen LogP contribution in [0.25, 0.3) is 10.9 Å². The molecule has 3 aromatic rings. The molecule has 2 fully saturated rings. The summed E-state index contributed by atoms with van der Waals surface area (Å²) in [4.78, 5) is 26.2. The van der Waals surface area contributed by atoms with Gasteiger partial charge in [0.15, 0.2) is 0 Å². The number of fused-ring (bicyclic) bond motifs is 1. The van der Waals surface area contributed by atoms with Gasteiger partial charge in [0.05, 0.1) is 18.4 Å². The number of nitrogens with zero attached hydrogens (tertiary/aromatic N) is 6. The molecule has 0 radical (unpaired) electrons. The number of benzene rings is 1. The number of aromatic nitrogens is 4. The molecular weight excluding hydrogens is 432 g/mol. The van der Waals surface area contributed by atoms with Gasteiger partial charge in [-0.3, -0.25) is 4.79 Å². The largest absolute Gasteiger partial charge is 0.391 e. The van der Waals surface area contributed by atoms with E-state index in [1.54, 1.807) is 6.20 Å².